The molecule has 1 aliphatic rings. The van der Waals surface area contributed by atoms with Gasteiger partial charge in [-0.3, -0.25) is 0 Å². The van der Waals surface area contributed by atoms with E-state index in [-0.39, 0.29) is 22.2 Å². The summed E-state index contributed by atoms with van der Waals surface area (Å²) >= 11 is 4.40. The van der Waals surface area contributed by atoms with E-state index < -0.39 is 0 Å². The molecule has 2 aromatic rings. The number of thiol groups is 1. The molecule has 2 aromatic carbocycles. The molecule has 4 heteroatoms. The molecule has 3 rings (SSSR count). The van der Waals surface area contributed by atoms with E-state index in [1.54, 1.807) is 6.08 Å². The number of ether oxygens (including phenoxy) is 1. The smallest absolute Gasteiger partial charge is 0.115 e. The number of fused-ring (bicyclic) bond motifs is 1. The van der Waals surface area contributed by atoms with E-state index in [1.807, 2.05) is 30.4 Å². The van der Waals surface area contributed by atoms with Crippen molar-refractivity contribution in [2.45, 2.75) is 11.9 Å². The topological polar surface area (TPSA) is 33.1 Å². The van der Waals surface area contributed by atoms with Gasteiger partial charge in [0, 0.05) is 0 Å². The second-order valence-corrected chi connectivity index (χ2v) is 5.23. The average Bonchev–Trinajstić information content (AvgIpc) is 2.49. The Morgan fingerprint density at radius 1 is 1.10 bits per heavy atom. The fourth-order valence-corrected chi connectivity index (χ4v) is 2.54. The highest BCUT2D eigenvalue weighted by Gasteiger charge is 2.17. The highest BCUT2D eigenvalue weighted by molar-refractivity contribution is 8.93. The van der Waals surface area contributed by atoms with Gasteiger partial charge in [0.05, 0.1) is 5.71 Å². The summed E-state index contributed by atoms with van der Waals surface area (Å²) < 4.78 is 5.85. The summed E-state index contributed by atoms with van der Waals surface area (Å²) in [6, 6.07) is 14.5. The first kappa shape index (κ1) is 15.9. The summed E-state index contributed by atoms with van der Waals surface area (Å²) in [5.74, 6) is 0.730. The molecule has 1 aliphatic carbocycles. The monoisotopic (exact) mass is 361 g/mol. The standard InChI is InChI=1S/C17H15NOS.BrH/c18-15-9-4-10-16(17(15)20)19-11-13-7-3-6-12-5-1-2-8-14(12)13;/h1-10,17-18,20H,11H2;1H. The Morgan fingerprint density at radius 2 is 1.86 bits per heavy atom. The van der Waals surface area contributed by atoms with E-state index in [1.165, 1.54) is 10.8 Å². The summed E-state index contributed by atoms with van der Waals surface area (Å²) in [7, 11) is 0. The second kappa shape index (κ2) is 6.96. The molecule has 0 saturated carbocycles. The van der Waals surface area contributed by atoms with Gasteiger partial charge in [0.2, 0.25) is 0 Å². The van der Waals surface area contributed by atoms with Crippen LogP contribution in [-0.2, 0) is 11.3 Å². The van der Waals surface area contributed by atoms with Crippen molar-refractivity contribution >= 4 is 46.1 Å². The van der Waals surface area contributed by atoms with Crippen molar-refractivity contribution in [1.29, 1.82) is 5.41 Å². The lowest BCUT2D eigenvalue weighted by Gasteiger charge is -2.18. The van der Waals surface area contributed by atoms with Crippen molar-refractivity contribution in [3.8, 4) is 0 Å². The molecule has 21 heavy (non-hydrogen) atoms. The van der Waals surface area contributed by atoms with E-state index in [0.717, 1.165) is 11.3 Å². The third-order valence-corrected chi connectivity index (χ3v) is 3.91. The number of hydrogen-bond donors (Lipinski definition) is 2. The summed E-state index contributed by atoms with van der Waals surface area (Å²) in [6.07, 6.45) is 5.44. The van der Waals surface area contributed by atoms with Crippen LogP contribution in [0.5, 0.6) is 0 Å². The Bertz CT molecular complexity index is 718. The number of nitrogens with one attached hydrogen (secondary N) is 1. The first-order valence-corrected chi connectivity index (χ1v) is 7.01. The zero-order chi connectivity index (χ0) is 13.9. The molecule has 108 valence electrons. The molecule has 1 N–H and O–H groups in total. The van der Waals surface area contributed by atoms with Crippen LogP contribution in [0.3, 0.4) is 0 Å². The molecule has 0 heterocycles. The highest BCUT2D eigenvalue weighted by Crippen LogP contribution is 2.23. The van der Waals surface area contributed by atoms with Gasteiger partial charge in [-0.2, -0.15) is 12.6 Å². The minimum Gasteiger partial charge on any atom is -0.492 e. The van der Waals surface area contributed by atoms with Crippen LogP contribution in [0.4, 0.5) is 0 Å². The Balaban J connectivity index is 0.00000161. The van der Waals surface area contributed by atoms with Gasteiger partial charge in [-0.1, -0.05) is 48.5 Å². The zero-order valence-electron chi connectivity index (χ0n) is 11.3. The molecule has 1 unspecified atom stereocenters. The fraction of sp³-hybridized carbons (Fsp3) is 0.118. The lowest BCUT2D eigenvalue weighted by Crippen LogP contribution is -2.18. The predicted molar refractivity (Wildman–Crippen MR) is 96.8 cm³/mol. The van der Waals surface area contributed by atoms with E-state index in [9.17, 15) is 0 Å². The van der Waals surface area contributed by atoms with E-state index in [0.29, 0.717) is 12.3 Å². The van der Waals surface area contributed by atoms with Crippen molar-refractivity contribution in [1.82, 2.24) is 0 Å². The van der Waals surface area contributed by atoms with Gasteiger partial charge in [-0.05, 0) is 28.5 Å². The van der Waals surface area contributed by atoms with Gasteiger partial charge in [-0.25, -0.2) is 0 Å². The molecular weight excluding hydrogens is 346 g/mol. The first-order chi connectivity index (χ1) is 9.75. The molecule has 0 radical (unpaired) electrons. The molecule has 0 aromatic heterocycles. The van der Waals surface area contributed by atoms with E-state index >= 15 is 0 Å². The summed E-state index contributed by atoms with van der Waals surface area (Å²) in [5.41, 5.74) is 1.61. The van der Waals surface area contributed by atoms with Crippen LogP contribution in [0, 0.1) is 5.41 Å². The average molecular weight is 362 g/mol. The first-order valence-electron chi connectivity index (χ1n) is 6.50. The lowest BCUT2D eigenvalue weighted by molar-refractivity contribution is 0.199. The van der Waals surface area contributed by atoms with E-state index in [4.69, 9.17) is 10.1 Å². The van der Waals surface area contributed by atoms with Crippen LogP contribution in [0.15, 0.2) is 66.5 Å². The second-order valence-electron chi connectivity index (χ2n) is 4.71. The zero-order valence-corrected chi connectivity index (χ0v) is 13.9. The number of allylic oxidation sites excluding steroid dienone is 3. The predicted octanol–water partition coefficient (Wildman–Crippen LogP) is 4.71. The molecule has 0 saturated heterocycles. The lowest BCUT2D eigenvalue weighted by atomic mass is 10.1. The van der Waals surface area contributed by atoms with Crippen LogP contribution in [0.1, 0.15) is 5.56 Å². The Labute approximate surface area is 140 Å². The molecule has 2 nitrogen and oxygen atoms in total. The van der Waals surface area contributed by atoms with Gasteiger partial charge in [-0.15, -0.1) is 17.0 Å². The van der Waals surface area contributed by atoms with Gasteiger partial charge >= 0.3 is 0 Å². The summed E-state index contributed by atoms with van der Waals surface area (Å²) in [4.78, 5) is 0. The summed E-state index contributed by atoms with van der Waals surface area (Å²) in [5, 5.41) is 9.90. The maximum atomic E-state index is 7.76. The van der Waals surface area contributed by atoms with Crippen LogP contribution in [-0.4, -0.2) is 11.0 Å². The SMILES string of the molecule is Br.N=C1C=CC=C(OCc2cccc3ccccc23)C1S. The minimum absolute atomic E-state index is 0. The number of rotatable bonds is 3. The molecule has 0 aliphatic heterocycles. The number of halogens is 1. The molecule has 0 amide bonds. The van der Waals surface area contributed by atoms with Crippen LogP contribution < -0.4 is 0 Å². The van der Waals surface area contributed by atoms with Crippen molar-refractivity contribution in [2.24, 2.45) is 0 Å². The maximum absolute atomic E-state index is 7.76. The van der Waals surface area contributed by atoms with Gasteiger partial charge in [0.1, 0.15) is 17.6 Å². The third-order valence-electron chi connectivity index (χ3n) is 3.37. The largest absolute Gasteiger partial charge is 0.492 e. The van der Waals surface area contributed by atoms with Gasteiger partial charge in [0.15, 0.2) is 0 Å². The van der Waals surface area contributed by atoms with Crippen LogP contribution in [0.25, 0.3) is 10.8 Å². The van der Waals surface area contributed by atoms with Gasteiger partial charge < -0.3 is 10.1 Å². The van der Waals surface area contributed by atoms with Gasteiger partial charge in [0.25, 0.3) is 0 Å². The molecule has 1 atom stereocenters. The van der Waals surface area contributed by atoms with Crippen molar-refractivity contribution in [3.05, 3.63) is 72.0 Å². The minimum atomic E-state index is -0.269. The fourth-order valence-electron chi connectivity index (χ4n) is 2.29. The normalized spacial score (nSPS) is 17.3. The van der Waals surface area contributed by atoms with Crippen molar-refractivity contribution < 1.29 is 4.74 Å². The third kappa shape index (κ3) is 3.39. The van der Waals surface area contributed by atoms with Crippen LogP contribution >= 0.6 is 29.6 Å². The Kier molecular flexibility index (Phi) is 5.26. The molecule has 0 fully saturated rings. The maximum Gasteiger partial charge on any atom is 0.115 e. The van der Waals surface area contributed by atoms with Crippen molar-refractivity contribution in [3.63, 3.8) is 0 Å². The van der Waals surface area contributed by atoms with E-state index in [2.05, 4.69) is 36.9 Å². The Morgan fingerprint density at radius 3 is 2.71 bits per heavy atom. The van der Waals surface area contributed by atoms with Crippen LogP contribution in [0.2, 0.25) is 0 Å². The van der Waals surface area contributed by atoms with Crippen molar-refractivity contribution in [2.75, 3.05) is 0 Å². The number of benzene rings is 2. The molecule has 0 bridgehead atoms. The Hall–Kier alpha value is -1.52. The summed E-state index contributed by atoms with van der Waals surface area (Å²) in [6.45, 7) is 0.491. The highest BCUT2D eigenvalue weighted by atomic mass is 79.9. The number of hydrogen-bond acceptors (Lipinski definition) is 3. The molecular formula is C17H16BrNOS. The quantitative estimate of drug-likeness (QED) is 0.762. The molecule has 0 spiro atoms.